The SMILES string of the molecule is O=C(O)c1cc(N2CCC(CCO)C2)ccc1[N+](=O)[O-]. The summed E-state index contributed by atoms with van der Waals surface area (Å²) in [4.78, 5) is 23.2. The van der Waals surface area contributed by atoms with Crippen molar-refractivity contribution < 1.29 is 19.9 Å². The van der Waals surface area contributed by atoms with Crippen molar-refractivity contribution in [2.24, 2.45) is 5.92 Å². The molecule has 7 heteroatoms. The van der Waals surface area contributed by atoms with E-state index in [1.165, 1.54) is 12.1 Å². The first kappa shape index (κ1) is 14.3. The molecule has 1 aromatic carbocycles. The molecule has 108 valence electrons. The number of aromatic carboxylic acids is 1. The third-order valence-electron chi connectivity index (χ3n) is 3.60. The van der Waals surface area contributed by atoms with E-state index in [9.17, 15) is 14.9 Å². The van der Waals surface area contributed by atoms with Gasteiger partial charge in [0.1, 0.15) is 5.56 Å². The van der Waals surface area contributed by atoms with Crippen LogP contribution in [0.2, 0.25) is 0 Å². The largest absolute Gasteiger partial charge is 0.477 e. The summed E-state index contributed by atoms with van der Waals surface area (Å²) in [5.74, 6) is -0.923. The van der Waals surface area contributed by atoms with Gasteiger partial charge < -0.3 is 15.1 Å². The Morgan fingerprint density at radius 2 is 2.25 bits per heavy atom. The first-order valence-corrected chi connectivity index (χ1v) is 6.40. The Balaban J connectivity index is 2.24. The van der Waals surface area contributed by atoms with Gasteiger partial charge in [-0.3, -0.25) is 10.1 Å². The van der Waals surface area contributed by atoms with Gasteiger partial charge >= 0.3 is 5.97 Å². The van der Waals surface area contributed by atoms with Crippen molar-refractivity contribution in [3.05, 3.63) is 33.9 Å². The van der Waals surface area contributed by atoms with Crippen molar-refractivity contribution in [2.75, 3.05) is 24.6 Å². The number of nitrogens with zero attached hydrogens (tertiary/aromatic N) is 2. The fraction of sp³-hybridized carbons (Fsp3) is 0.462. The van der Waals surface area contributed by atoms with Gasteiger partial charge in [0.05, 0.1) is 4.92 Å². The van der Waals surface area contributed by atoms with E-state index in [-0.39, 0.29) is 12.2 Å². The molecule has 1 fully saturated rings. The van der Waals surface area contributed by atoms with Crippen molar-refractivity contribution in [2.45, 2.75) is 12.8 Å². The van der Waals surface area contributed by atoms with Gasteiger partial charge in [-0.25, -0.2) is 4.79 Å². The number of aliphatic hydroxyl groups is 1. The average molecular weight is 280 g/mol. The molecule has 1 aliphatic rings. The average Bonchev–Trinajstić information content (AvgIpc) is 2.87. The number of nitro groups is 1. The van der Waals surface area contributed by atoms with Gasteiger partial charge in [-0.05, 0) is 30.9 Å². The van der Waals surface area contributed by atoms with Crippen LogP contribution in [0.5, 0.6) is 0 Å². The van der Waals surface area contributed by atoms with Gasteiger partial charge in [0.25, 0.3) is 5.69 Å². The Labute approximate surface area is 115 Å². The molecule has 0 amide bonds. The lowest BCUT2D eigenvalue weighted by Gasteiger charge is -2.19. The zero-order valence-corrected chi connectivity index (χ0v) is 10.9. The number of hydrogen-bond donors (Lipinski definition) is 2. The molecule has 0 saturated carbocycles. The number of hydrogen-bond acceptors (Lipinski definition) is 5. The Morgan fingerprint density at radius 3 is 2.85 bits per heavy atom. The minimum Gasteiger partial charge on any atom is -0.477 e. The Hall–Kier alpha value is -2.15. The second-order valence-electron chi connectivity index (χ2n) is 4.88. The number of carboxylic acid groups (broad SMARTS) is 1. The van der Waals surface area contributed by atoms with E-state index in [1.807, 2.05) is 4.90 Å². The molecule has 1 atom stereocenters. The smallest absolute Gasteiger partial charge is 0.342 e. The molecule has 0 radical (unpaired) electrons. The van der Waals surface area contributed by atoms with E-state index in [0.29, 0.717) is 11.6 Å². The van der Waals surface area contributed by atoms with E-state index in [1.54, 1.807) is 6.07 Å². The topological polar surface area (TPSA) is 104 Å². The zero-order chi connectivity index (χ0) is 14.7. The number of nitro benzene ring substituents is 1. The van der Waals surface area contributed by atoms with E-state index in [0.717, 1.165) is 25.9 Å². The lowest BCUT2D eigenvalue weighted by atomic mass is 10.1. The highest BCUT2D eigenvalue weighted by Gasteiger charge is 2.25. The number of carbonyl (C=O) groups is 1. The van der Waals surface area contributed by atoms with E-state index in [4.69, 9.17) is 10.2 Å². The molecule has 0 aliphatic carbocycles. The van der Waals surface area contributed by atoms with Gasteiger partial charge in [-0.1, -0.05) is 0 Å². The maximum atomic E-state index is 11.1. The third-order valence-corrected chi connectivity index (χ3v) is 3.60. The molecule has 2 N–H and O–H groups in total. The van der Waals surface area contributed by atoms with Crippen molar-refractivity contribution >= 4 is 17.3 Å². The standard InChI is InChI=1S/C13H16N2O5/c16-6-4-9-3-5-14(8-9)10-1-2-12(15(19)20)11(7-10)13(17)18/h1-2,7,9,16H,3-6,8H2,(H,17,18). The van der Waals surface area contributed by atoms with Crippen LogP contribution < -0.4 is 4.90 Å². The van der Waals surface area contributed by atoms with Crippen LogP contribution in [0, 0.1) is 16.0 Å². The van der Waals surface area contributed by atoms with Crippen molar-refractivity contribution in [1.82, 2.24) is 0 Å². The summed E-state index contributed by atoms with van der Waals surface area (Å²) in [5, 5.41) is 28.8. The highest BCUT2D eigenvalue weighted by atomic mass is 16.6. The van der Waals surface area contributed by atoms with Crippen molar-refractivity contribution in [3.63, 3.8) is 0 Å². The van der Waals surface area contributed by atoms with Crippen LogP contribution in [0.1, 0.15) is 23.2 Å². The molecule has 1 aromatic rings. The van der Waals surface area contributed by atoms with Gasteiger partial charge in [0.2, 0.25) is 0 Å². The minimum absolute atomic E-state index is 0.138. The Bertz CT molecular complexity index is 531. The van der Waals surface area contributed by atoms with E-state index in [2.05, 4.69) is 0 Å². The summed E-state index contributed by atoms with van der Waals surface area (Å²) in [6.45, 7) is 1.64. The van der Waals surface area contributed by atoms with Crippen LogP contribution in [-0.4, -0.2) is 40.8 Å². The first-order valence-electron chi connectivity index (χ1n) is 6.40. The molecule has 0 bridgehead atoms. The Kier molecular flexibility index (Phi) is 4.19. The highest BCUT2D eigenvalue weighted by Crippen LogP contribution is 2.29. The van der Waals surface area contributed by atoms with Gasteiger partial charge in [0.15, 0.2) is 0 Å². The molecule has 0 aromatic heterocycles. The normalized spacial score (nSPS) is 18.2. The number of carboxylic acids is 1. The van der Waals surface area contributed by atoms with Crippen LogP contribution >= 0.6 is 0 Å². The molecule has 7 nitrogen and oxygen atoms in total. The fourth-order valence-electron chi connectivity index (χ4n) is 2.54. The predicted molar refractivity (Wildman–Crippen MR) is 72.1 cm³/mol. The molecule has 20 heavy (non-hydrogen) atoms. The predicted octanol–water partition coefficient (Wildman–Crippen LogP) is 1.50. The summed E-state index contributed by atoms with van der Waals surface area (Å²) < 4.78 is 0. The highest BCUT2D eigenvalue weighted by molar-refractivity contribution is 5.93. The molecule has 1 saturated heterocycles. The molecule has 1 unspecified atom stereocenters. The van der Waals surface area contributed by atoms with E-state index >= 15 is 0 Å². The van der Waals surface area contributed by atoms with Gasteiger partial charge in [-0.2, -0.15) is 0 Å². The second-order valence-corrected chi connectivity index (χ2v) is 4.88. The molecule has 0 spiro atoms. The first-order chi connectivity index (χ1) is 9.52. The quantitative estimate of drug-likeness (QED) is 0.625. The van der Waals surface area contributed by atoms with Crippen molar-refractivity contribution in [3.8, 4) is 0 Å². The third kappa shape index (κ3) is 2.88. The van der Waals surface area contributed by atoms with Crippen LogP contribution in [0.15, 0.2) is 18.2 Å². The maximum absolute atomic E-state index is 11.1. The summed E-state index contributed by atoms with van der Waals surface area (Å²) in [5.41, 5.74) is -0.0149. The number of rotatable bonds is 5. The van der Waals surface area contributed by atoms with Crippen LogP contribution in [0.25, 0.3) is 0 Å². The number of benzene rings is 1. The van der Waals surface area contributed by atoms with Crippen LogP contribution in [-0.2, 0) is 0 Å². The lowest BCUT2D eigenvalue weighted by molar-refractivity contribution is -0.385. The monoisotopic (exact) mass is 280 g/mol. The second kappa shape index (κ2) is 5.87. The van der Waals surface area contributed by atoms with E-state index < -0.39 is 16.6 Å². The van der Waals surface area contributed by atoms with Crippen LogP contribution in [0.4, 0.5) is 11.4 Å². The zero-order valence-electron chi connectivity index (χ0n) is 10.9. The molecule has 2 rings (SSSR count). The maximum Gasteiger partial charge on any atom is 0.342 e. The minimum atomic E-state index is -1.30. The van der Waals surface area contributed by atoms with Gasteiger partial charge in [-0.15, -0.1) is 0 Å². The summed E-state index contributed by atoms with van der Waals surface area (Å²) in [7, 11) is 0. The summed E-state index contributed by atoms with van der Waals surface area (Å²) >= 11 is 0. The lowest BCUT2D eigenvalue weighted by Crippen LogP contribution is -2.20. The number of aliphatic hydroxyl groups excluding tert-OH is 1. The fourth-order valence-corrected chi connectivity index (χ4v) is 2.54. The van der Waals surface area contributed by atoms with Crippen molar-refractivity contribution in [1.29, 1.82) is 0 Å². The number of anilines is 1. The van der Waals surface area contributed by atoms with Crippen LogP contribution in [0.3, 0.4) is 0 Å². The molecule has 1 heterocycles. The van der Waals surface area contributed by atoms with Gasteiger partial charge in [0, 0.05) is 31.5 Å². The molecular formula is C13H16N2O5. The molecular weight excluding hydrogens is 264 g/mol. The molecule has 1 aliphatic heterocycles. The summed E-state index contributed by atoms with van der Waals surface area (Å²) in [6, 6.07) is 4.16. The Morgan fingerprint density at radius 1 is 1.50 bits per heavy atom. The summed E-state index contributed by atoms with van der Waals surface area (Å²) in [6.07, 6.45) is 1.65.